The normalized spacial score (nSPS) is 18.0. The number of anilines is 2. The Bertz CT molecular complexity index is 1620. The minimum atomic E-state index is -1.10. The van der Waals surface area contributed by atoms with E-state index >= 15 is 0 Å². The largest absolute Gasteiger partial charge is 0.286 e. The number of hydrazone groups is 2. The first-order valence-corrected chi connectivity index (χ1v) is 13.3. The molecule has 0 unspecified atom stereocenters. The second-order valence-corrected chi connectivity index (χ2v) is 10.1. The Morgan fingerprint density at radius 1 is 0.821 bits per heavy atom. The molecule has 6 rings (SSSR count). The number of carbonyl (C=O) groups is 1. The van der Waals surface area contributed by atoms with Crippen molar-refractivity contribution in [2.45, 2.75) is 18.3 Å². The predicted molar refractivity (Wildman–Crippen MR) is 155 cm³/mol. The maximum Gasteiger partial charge on any atom is 0.269 e. The molecule has 8 nitrogen and oxygen atoms in total. The summed E-state index contributed by atoms with van der Waals surface area (Å²) >= 11 is 1.32. The summed E-state index contributed by atoms with van der Waals surface area (Å²) in [6.07, 6.45) is 0.704. The highest BCUT2D eigenvalue weighted by molar-refractivity contribution is 8.17. The monoisotopic (exact) mass is 533 g/mol. The van der Waals surface area contributed by atoms with E-state index in [9.17, 15) is 14.9 Å². The Morgan fingerprint density at radius 3 is 2.08 bits per heavy atom. The van der Waals surface area contributed by atoms with Crippen LogP contribution in [-0.4, -0.2) is 21.5 Å². The molecule has 0 amide bonds. The summed E-state index contributed by atoms with van der Waals surface area (Å²) < 4.78 is 0. The van der Waals surface area contributed by atoms with Crippen molar-refractivity contribution in [1.82, 2.24) is 0 Å². The van der Waals surface area contributed by atoms with Gasteiger partial charge in [0, 0.05) is 28.8 Å². The lowest BCUT2D eigenvalue weighted by molar-refractivity contribution is -0.384. The third-order valence-electron chi connectivity index (χ3n) is 6.68. The number of nitro benzene ring substituents is 1. The second kappa shape index (κ2) is 9.85. The van der Waals surface area contributed by atoms with Gasteiger partial charge in [-0.1, -0.05) is 79.7 Å². The van der Waals surface area contributed by atoms with Crippen LogP contribution in [0.15, 0.2) is 119 Å². The fourth-order valence-corrected chi connectivity index (χ4v) is 6.21. The summed E-state index contributed by atoms with van der Waals surface area (Å²) in [4.78, 5) is 23.6. The molecule has 39 heavy (non-hydrogen) atoms. The molecule has 0 aliphatic carbocycles. The lowest BCUT2D eigenvalue weighted by Gasteiger charge is -2.47. The number of thioether (sulfide) groups is 1. The van der Waals surface area contributed by atoms with Crippen LogP contribution in [0.4, 0.5) is 17.1 Å². The Labute approximate surface area is 229 Å². The van der Waals surface area contributed by atoms with E-state index in [1.165, 1.54) is 23.9 Å². The first-order chi connectivity index (χ1) is 19.0. The summed E-state index contributed by atoms with van der Waals surface area (Å²) in [5.74, 6) is -0.208. The van der Waals surface area contributed by atoms with Crippen molar-refractivity contribution in [3.63, 3.8) is 0 Å². The molecule has 2 heterocycles. The van der Waals surface area contributed by atoms with Gasteiger partial charge in [0.15, 0.2) is 5.04 Å². The van der Waals surface area contributed by atoms with Crippen molar-refractivity contribution in [2.75, 3.05) is 10.0 Å². The van der Waals surface area contributed by atoms with Crippen molar-refractivity contribution in [3.8, 4) is 0 Å². The SMILES string of the molecule is CCC1=NN(c2ccccc2)[C@@]2(SC(C(=O)c3ccccc3)=NN2c2ccc([N+](=O)[O-])cc2)c2ccccc21. The quantitative estimate of drug-likeness (QED) is 0.154. The molecule has 4 aromatic rings. The first kappa shape index (κ1) is 24.6. The number of para-hydroxylation sites is 1. The molecule has 0 saturated carbocycles. The van der Waals surface area contributed by atoms with Gasteiger partial charge < -0.3 is 0 Å². The van der Waals surface area contributed by atoms with Gasteiger partial charge in [0.1, 0.15) is 0 Å². The number of Topliss-reactive ketones (excluding diaryl/α,β-unsaturated/α-hetero) is 1. The number of hydrogen-bond acceptors (Lipinski definition) is 8. The van der Waals surface area contributed by atoms with Crippen molar-refractivity contribution in [2.24, 2.45) is 10.2 Å². The van der Waals surface area contributed by atoms with E-state index in [4.69, 9.17) is 10.2 Å². The zero-order valence-electron chi connectivity index (χ0n) is 21.0. The Balaban J connectivity index is 1.60. The fraction of sp³-hybridized carbons (Fsp3) is 0.100. The predicted octanol–water partition coefficient (Wildman–Crippen LogP) is 6.79. The molecule has 0 radical (unpaired) electrons. The molecular formula is C30H23N5O3S. The molecule has 2 aliphatic heterocycles. The lowest BCUT2D eigenvalue weighted by atomic mass is 9.96. The summed E-state index contributed by atoms with van der Waals surface area (Å²) in [5.41, 5.74) is 4.71. The highest BCUT2D eigenvalue weighted by Crippen LogP contribution is 2.55. The van der Waals surface area contributed by atoms with Gasteiger partial charge in [-0.15, -0.1) is 0 Å². The minimum Gasteiger partial charge on any atom is -0.286 e. The highest BCUT2D eigenvalue weighted by atomic mass is 32.2. The van der Waals surface area contributed by atoms with Crippen LogP contribution < -0.4 is 10.0 Å². The average molecular weight is 534 g/mol. The fourth-order valence-electron chi connectivity index (χ4n) is 4.85. The van der Waals surface area contributed by atoms with E-state index in [0.29, 0.717) is 22.7 Å². The van der Waals surface area contributed by atoms with Gasteiger partial charge in [-0.05, 0) is 42.4 Å². The summed E-state index contributed by atoms with van der Waals surface area (Å²) in [6, 6.07) is 33.0. The van der Waals surface area contributed by atoms with Crippen LogP contribution in [0.3, 0.4) is 0 Å². The molecule has 4 aromatic carbocycles. The second-order valence-electron chi connectivity index (χ2n) is 8.99. The highest BCUT2D eigenvalue weighted by Gasteiger charge is 2.56. The molecule has 0 saturated heterocycles. The van der Waals surface area contributed by atoms with Gasteiger partial charge >= 0.3 is 0 Å². The molecule has 192 valence electrons. The van der Waals surface area contributed by atoms with Crippen LogP contribution in [0.25, 0.3) is 0 Å². The van der Waals surface area contributed by atoms with Crippen LogP contribution >= 0.6 is 11.8 Å². The van der Waals surface area contributed by atoms with Crippen LogP contribution in [0.1, 0.15) is 34.8 Å². The first-order valence-electron chi connectivity index (χ1n) is 12.5. The molecule has 0 N–H and O–H groups in total. The summed E-state index contributed by atoms with van der Waals surface area (Å²) in [7, 11) is 0. The number of rotatable bonds is 6. The van der Waals surface area contributed by atoms with E-state index < -0.39 is 9.92 Å². The van der Waals surface area contributed by atoms with Gasteiger partial charge in [-0.3, -0.25) is 14.9 Å². The topological polar surface area (TPSA) is 91.4 Å². The molecule has 2 aliphatic rings. The molecule has 1 atom stereocenters. The Kier molecular flexibility index (Phi) is 6.20. The van der Waals surface area contributed by atoms with Crippen molar-refractivity contribution >= 4 is 45.4 Å². The van der Waals surface area contributed by atoms with Crippen molar-refractivity contribution < 1.29 is 9.72 Å². The average Bonchev–Trinajstić information content (AvgIpc) is 3.39. The Hall–Kier alpha value is -4.76. The molecule has 9 heteroatoms. The maximum atomic E-state index is 13.7. The summed E-state index contributed by atoms with van der Waals surface area (Å²) in [5, 5.41) is 25.4. The maximum absolute atomic E-state index is 13.7. The number of nitrogens with zero attached hydrogens (tertiary/aromatic N) is 5. The standard InChI is InChI=1S/C30H23N5O3S/c1-2-27-25-15-9-10-16-26(25)30(33(31-27)22-13-7-4-8-14-22)34(23-17-19-24(20-18-23)35(37)38)32-29(39-30)28(36)21-11-5-3-6-12-21/h3-20H,2H2,1H3/t30-/m0/s1. The molecule has 1 spiro atoms. The third-order valence-corrected chi connectivity index (χ3v) is 8.00. The number of nitro groups is 1. The number of fused-ring (bicyclic) bond motifs is 2. The Morgan fingerprint density at radius 2 is 1.41 bits per heavy atom. The van der Waals surface area contributed by atoms with Gasteiger partial charge in [0.2, 0.25) is 10.8 Å². The third kappa shape index (κ3) is 4.07. The minimum absolute atomic E-state index is 0.0283. The number of ketones is 1. The van der Waals surface area contributed by atoms with Crippen LogP contribution in [0.2, 0.25) is 0 Å². The molecule has 0 fully saturated rings. The molecular weight excluding hydrogens is 510 g/mol. The van der Waals surface area contributed by atoms with Crippen LogP contribution in [0.5, 0.6) is 0 Å². The van der Waals surface area contributed by atoms with Gasteiger partial charge in [0.05, 0.1) is 22.0 Å². The number of carbonyl (C=O) groups excluding carboxylic acids is 1. The number of non-ortho nitro benzene ring substituents is 1. The van der Waals surface area contributed by atoms with Gasteiger partial charge in [-0.25, -0.2) is 10.0 Å². The zero-order chi connectivity index (χ0) is 27.0. The number of hydrogen-bond donors (Lipinski definition) is 0. The molecule has 0 aromatic heterocycles. The van der Waals surface area contributed by atoms with Gasteiger partial charge in [-0.2, -0.15) is 10.2 Å². The van der Waals surface area contributed by atoms with E-state index in [1.54, 1.807) is 29.3 Å². The van der Waals surface area contributed by atoms with E-state index in [-0.39, 0.29) is 11.5 Å². The summed E-state index contributed by atoms with van der Waals surface area (Å²) in [6.45, 7) is 2.06. The lowest BCUT2D eigenvalue weighted by Crippen LogP contribution is -2.53. The van der Waals surface area contributed by atoms with E-state index in [1.807, 2.05) is 77.8 Å². The smallest absolute Gasteiger partial charge is 0.269 e. The van der Waals surface area contributed by atoms with Gasteiger partial charge in [0.25, 0.3) is 5.69 Å². The number of benzene rings is 4. The molecule has 0 bridgehead atoms. The zero-order valence-corrected chi connectivity index (χ0v) is 21.8. The van der Waals surface area contributed by atoms with E-state index in [2.05, 4.69) is 6.92 Å². The van der Waals surface area contributed by atoms with E-state index in [0.717, 1.165) is 22.5 Å². The van der Waals surface area contributed by atoms with Crippen LogP contribution in [0, 0.1) is 10.1 Å². The van der Waals surface area contributed by atoms with Crippen LogP contribution in [-0.2, 0) is 4.99 Å². The van der Waals surface area contributed by atoms with Crippen molar-refractivity contribution in [3.05, 3.63) is 136 Å². The van der Waals surface area contributed by atoms with Crippen molar-refractivity contribution in [1.29, 1.82) is 0 Å².